The van der Waals surface area contributed by atoms with Crippen molar-refractivity contribution >= 4 is 39.9 Å². The summed E-state index contributed by atoms with van der Waals surface area (Å²) in [7, 11) is 0. The van der Waals surface area contributed by atoms with Gasteiger partial charge in [-0.3, -0.25) is 14.4 Å². The fourth-order valence-electron chi connectivity index (χ4n) is 0.417. The molecule has 0 spiro atoms. The van der Waals surface area contributed by atoms with Crippen molar-refractivity contribution in [2.24, 2.45) is 0 Å². The second-order valence-corrected chi connectivity index (χ2v) is 5.33. The van der Waals surface area contributed by atoms with Gasteiger partial charge in [0.05, 0.1) is 0 Å². The first kappa shape index (κ1) is 13.3. The fraction of sp³-hybridized carbons (Fsp3) is 0.571. The van der Waals surface area contributed by atoms with Gasteiger partial charge in [0.25, 0.3) is 0 Å². The van der Waals surface area contributed by atoms with Crippen molar-refractivity contribution in [3.63, 3.8) is 0 Å². The molecule has 0 radical (unpaired) electrons. The summed E-state index contributed by atoms with van der Waals surface area (Å²) in [6.45, 7) is 2.74. The summed E-state index contributed by atoms with van der Waals surface area (Å²) in [5, 5.41) is 15.2. The zero-order valence-electron chi connectivity index (χ0n) is 7.59. The van der Waals surface area contributed by atoms with E-state index in [0.717, 1.165) is 0 Å². The monoisotopic (exact) mass is 238 g/mol. The highest BCUT2D eigenvalue weighted by Gasteiger charge is 2.21. The predicted molar refractivity (Wildman–Crippen MR) is 54.8 cm³/mol. The highest BCUT2D eigenvalue weighted by Crippen LogP contribution is 2.24. The van der Waals surface area contributed by atoms with Crippen LogP contribution in [0, 0.1) is 0 Å². The molecule has 0 aliphatic rings. The molecule has 0 aliphatic heterocycles. The zero-order chi connectivity index (χ0) is 11.3. The summed E-state index contributed by atoms with van der Waals surface area (Å²) in [6, 6.07) is 0. The number of hydrogen-bond acceptors (Lipinski definition) is 5. The third-order valence-corrected chi connectivity index (χ3v) is 3.31. The van der Waals surface area contributed by atoms with Gasteiger partial charge in [0.2, 0.25) is 4.45 Å². The quantitative estimate of drug-likeness (QED) is 0.767. The van der Waals surface area contributed by atoms with Gasteiger partial charge in [-0.25, -0.2) is 0 Å². The number of carboxylic acids is 2. The summed E-state index contributed by atoms with van der Waals surface area (Å²) in [6.07, 6.45) is 0. The van der Waals surface area contributed by atoms with Crippen LogP contribution in [0.25, 0.3) is 0 Å². The summed E-state index contributed by atoms with van der Waals surface area (Å²) < 4.78 is -0.491. The van der Waals surface area contributed by atoms with Gasteiger partial charge < -0.3 is 10.2 Å². The van der Waals surface area contributed by atoms with Crippen molar-refractivity contribution < 1.29 is 24.6 Å². The summed E-state index contributed by atoms with van der Waals surface area (Å²) in [5.74, 6) is -2.18. The lowest BCUT2D eigenvalue weighted by atomic mass is 10.5. The molecule has 0 aromatic rings. The average molecular weight is 238 g/mol. The Bertz CT molecular complexity index is 228. The van der Waals surface area contributed by atoms with Crippen molar-refractivity contribution in [3.8, 4) is 0 Å². The lowest BCUT2D eigenvalue weighted by molar-refractivity contribution is -0.137. The SMILES string of the molecule is CC(SC(=O)SC(C)C(=O)O)C(=O)O. The summed E-state index contributed by atoms with van der Waals surface area (Å²) in [5.41, 5.74) is 0. The van der Waals surface area contributed by atoms with Crippen LogP contribution in [-0.2, 0) is 9.59 Å². The van der Waals surface area contributed by atoms with Crippen LogP contribution in [0.2, 0.25) is 0 Å². The van der Waals surface area contributed by atoms with Crippen molar-refractivity contribution in [2.45, 2.75) is 24.3 Å². The van der Waals surface area contributed by atoms with E-state index < -0.39 is 26.9 Å². The Morgan fingerprint density at radius 2 is 1.21 bits per heavy atom. The molecule has 0 saturated heterocycles. The van der Waals surface area contributed by atoms with Gasteiger partial charge in [0, 0.05) is 0 Å². The molecule has 0 rings (SSSR count). The highest BCUT2D eigenvalue weighted by atomic mass is 32.2. The van der Waals surface area contributed by atoms with Crippen LogP contribution in [0.1, 0.15) is 13.8 Å². The maximum absolute atomic E-state index is 11.1. The van der Waals surface area contributed by atoms with Crippen LogP contribution in [0.4, 0.5) is 4.79 Å². The molecule has 2 unspecified atom stereocenters. The van der Waals surface area contributed by atoms with Gasteiger partial charge in [-0.1, -0.05) is 23.5 Å². The Balaban J connectivity index is 3.99. The molecular formula is C7H10O5S2. The first-order valence-electron chi connectivity index (χ1n) is 3.67. The number of thioether (sulfide) groups is 2. The molecule has 0 amide bonds. The van der Waals surface area contributed by atoms with Gasteiger partial charge in [-0.15, -0.1) is 0 Å². The Kier molecular flexibility index (Phi) is 5.63. The van der Waals surface area contributed by atoms with E-state index in [-0.39, 0.29) is 0 Å². The number of rotatable bonds is 4. The fourth-order valence-corrected chi connectivity index (χ4v) is 2.28. The third-order valence-electron chi connectivity index (χ3n) is 1.24. The summed E-state index contributed by atoms with van der Waals surface area (Å²) in [4.78, 5) is 31.8. The molecule has 0 saturated carbocycles. The molecule has 80 valence electrons. The van der Waals surface area contributed by atoms with Crippen LogP contribution in [-0.4, -0.2) is 37.1 Å². The van der Waals surface area contributed by atoms with Crippen LogP contribution in [0.15, 0.2) is 0 Å². The molecule has 0 aromatic heterocycles. The smallest absolute Gasteiger partial charge is 0.316 e. The Morgan fingerprint density at radius 1 is 0.929 bits per heavy atom. The lowest BCUT2D eigenvalue weighted by Gasteiger charge is -2.06. The van der Waals surface area contributed by atoms with Gasteiger partial charge in [0.1, 0.15) is 10.5 Å². The number of hydrogen-bond donors (Lipinski definition) is 2. The first-order chi connectivity index (χ1) is 6.34. The van der Waals surface area contributed by atoms with Crippen LogP contribution in [0.3, 0.4) is 0 Å². The molecule has 2 atom stereocenters. The van der Waals surface area contributed by atoms with Crippen molar-refractivity contribution in [1.29, 1.82) is 0 Å². The van der Waals surface area contributed by atoms with Crippen LogP contribution < -0.4 is 0 Å². The molecule has 0 fully saturated rings. The van der Waals surface area contributed by atoms with E-state index in [0.29, 0.717) is 23.5 Å². The van der Waals surface area contributed by atoms with E-state index >= 15 is 0 Å². The number of carbonyl (C=O) groups excluding carboxylic acids is 1. The molecule has 0 aromatic carbocycles. The van der Waals surface area contributed by atoms with Crippen LogP contribution >= 0.6 is 23.5 Å². The normalized spacial score (nSPS) is 14.4. The Morgan fingerprint density at radius 3 is 1.43 bits per heavy atom. The molecule has 5 nitrogen and oxygen atoms in total. The molecule has 0 heterocycles. The Labute approximate surface area is 89.2 Å². The maximum atomic E-state index is 11.1. The van der Waals surface area contributed by atoms with E-state index in [1.165, 1.54) is 13.8 Å². The molecule has 0 aliphatic carbocycles. The number of aliphatic carboxylic acids is 2. The van der Waals surface area contributed by atoms with E-state index in [2.05, 4.69) is 0 Å². The van der Waals surface area contributed by atoms with E-state index in [4.69, 9.17) is 10.2 Å². The predicted octanol–water partition coefficient (Wildman–Crippen LogP) is 1.52. The minimum Gasteiger partial charge on any atom is -0.480 e. The number of carbonyl (C=O) groups is 3. The van der Waals surface area contributed by atoms with E-state index in [9.17, 15) is 14.4 Å². The zero-order valence-corrected chi connectivity index (χ0v) is 9.22. The van der Waals surface area contributed by atoms with Gasteiger partial charge in [-0.05, 0) is 13.8 Å². The first-order valence-corrected chi connectivity index (χ1v) is 5.43. The highest BCUT2D eigenvalue weighted by molar-refractivity contribution is 8.39. The van der Waals surface area contributed by atoms with Gasteiger partial charge in [0.15, 0.2) is 0 Å². The second kappa shape index (κ2) is 5.92. The number of carboxylic acid groups (broad SMARTS) is 2. The lowest BCUT2D eigenvalue weighted by Crippen LogP contribution is -2.16. The topological polar surface area (TPSA) is 91.7 Å². The van der Waals surface area contributed by atoms with Crippen LogP contribution in [0.5, 0.6) is 0 Å². The molecule has 7 heteroatoms. The van der Waals surface area contributed by atoms with Gasteiger partial charge in [-0.2, -0.15) is 0 Å². The van der Waals surface area contributed by atoms with Crippen molar-refractivity contribution in [1.82, 2.24) is 0 Å². The molecular weight excluding hydrogens is 228 g/mol. The van der Waals surface area contributed by atoms with Crippen molar-refractivity contribution in [2.75, 3.05) is 0 Å². The maximum Gasteiger partial charge on any atom is 0.316 e. The Hall–Kier alpha value is -0.690. The van der Waals surface area contributed by atoms with E-state index in [1.54, 1.807) is 0 Å². The summed E-state index contributed by atoms with van der Waals surface area (Å²) >= 11 is 1.23. The minimum atomic E-state index is -1.09. The minimum absolute atomic E-state index is 0.491. The van der Waals surface area contributed by atoms with Gasteiger partial charge >= 0.3 is 11.9 Å². The average Bonchev–Trinajstić information content (AvgIpc) is 2.03. The largest absolute Gasteiger partial charge is 0.480 e. The third kappa shape index (κ3) is 5.13. The van der Waals surface area contributed by atoms with E-state index in [1.807, 2.05) is 0 Å². The molecule has 0 bridgehead atoms. The molecule has 14 heavy (non-hydrogen) atoms. The standard InChI is InChI=1S/C7H10O5S2/c1-3(5(8)9)13-7(12)14-4(2)6(10)11/h3-4H,1-2H3,(H,8,9)(H,10,11). The molecule has 2 N–H and O–H groups in total. The second-order valence-electron chi connectivity index (χ2n) is 2.45. The van der Waals surface area contributed by atoms with Crippen molar-refractivity contribution in [3.05, 3.63) is 0 Å².